The van der Waals surface area contributed by atoms with Crippen LogP contribution in [0.25, 0.3) is 0 Å². The quantitative estimate of drug-likeness (QED) is 0.742. The first-order valence-electron chi connectivity index (χ1n) is 11.1. The van der Waals surface area contributed by atoms with Crippen molar-refractivity contribution >= 4 is 17.5 Å². The van der Waals surface area contributed by atoms with Gasteiger partial charge in [-0.05, 0) is 45.5 Å². The molecule has 2 amide bonds. The molecule has 0 radical (unpaired) electrons. The van der Waals surface area contributed by atoms with Gasteiger partial charge in [0.25, 0.3) is 5.91 Å². The van der Waals surface area contributed by atoms with E-state index in [0.29, 0.717) is 37.6 Å². The first-order chi connectivity index (χ1) is 14.9. The van der Waals surface area contributed by atoms with Crippen molar-refractivity contribution in [2.24, 2.45) is 0 Å². The Morgan fingerprint density at radius 2 is 1.74 bits per heavy atom. The molecule has 7 nitrogen and oxygen atoms in total. The van der Waals surface area contributed by atoms with Crippen molar-refractivity contribution in [2.75, 3.05) is 32.1 Å². The molecule has 2 heterocycles. The van der Waals surface area contributed by atoms with E-state index in [-0.39, 0.29) is 11.8 Å². The van der Waals surface area contributed by atoms with Gasteiger partial charge in [-0.15, -0.1) is 0 Å². The highest BCUT2D eigenvalue weighted by Crippen LogP contribution is 2.26. The Kier molecular flexibility index (Phi) is 7.85. The van der Waals surface area contributed by atoms with E-state index in [9.17, 15) is 9.59 Å². The molecule has 0 saturated carbocycles. The van der Waals surface area contributed by atoms with Crippen LogP contribution in [0.5, 0.6) is 0 Å². The largest absolute Gasteiger partial charge is 0.361 e. The molecule has 0 fully saturated rings. The van der Waals surface area contributed by atoms with Gasteiger partial charge in [0, 0.05) is 44.4 Å². The molecule has 1 aliphatic rings. The minimum Gasteiger partial charge on any atom is -0.361 e. The Morgan fingerprint density at radius 1 is 1.06 bits per heavy atom. The van der Waals surface area contributed by atoms with E-state index >= 15 is 0 Å². The zero-order chi connectivity index (χ0) is 22.4. The molecule has 0 N–H and O–H groups in total. The fraction of sp³-hybridized carbons (Fsp3) is 0.542. The number of amides is 2. The molecule has 0 spiro atoms. The van der Waals surface area contributed by atoms with Gasteiger partial charge in [0.05, 0.1) is 0 Å². The van der Waals surface area contributed by atoms with E-state index in [0.717, 1.165) is 48.9 Å². The Morgan fingerprint density at radius 3 is 2.45 bits per heavy atom. The van der Waals surface area contributed by atoms with E-state index in [1.807, 2.05) is 60.0 Å². The van der Waals surface area contributed by atoms with Gasteiger partial charge in [-0.1, -0.05) is 42.6 Å². The molecular weight excluding hydrogens is 392 g/mol. The summed E-state index contributed by atoms with van der Waals surface area (Å²) in [5.41, 5.74) is 3.08. The molecule has 1 aliphatic heterocycles. The van der Waals surface area contributed by atoms with E-state index in [2.05, 4.69) is 5.16 Å². The maximum Gasteiger partial charge on any atom is 0.276 e. The SMILES string of the molecule is CC(=O)N1CCCCCCCN(C(=O)c2noc(C)c2CN(C)C)Cc2ccccc21. The summed E-state index contributed by atoms with van der Waals surface area (Å²) < 4.78 is 5.39. The smallest absolute Gasteiger partial charge is 0.276 e. The summed E-state index contributed by atoms with van der Waals surface area (Å²) >= 11 is 0. The summed E-state index contributed by atoms with van der Waals surface area (Å²) in [6.07, 6.45) is 5.18. The fourth-order valence-corrected chi connectivity index (χ4v) is 4.13. The summed E-state index contributed by atoms with van der Waals surface area (Å²) in [6, 6.07) is 7.89. The van der Waals surface area contributed by atoms with Gasteiger partial charge < -0.3 is 19.2 Å². The highest BCUT2D eigenvalue weighted by Gasteiger charge is 2.26. The second-order valence-electron chi connectivity index (χ2n) is 8.60. The number of rotatable bonds is 3. The molecule has 1 aromatic heterocycles. The number of para-hydroxylation sites is 1. The van der Waals surface area contributed by atoms with Crippen LogP contribution >= 0.6 is 0 Å². The number of anilines is 1. The maximum absolute atomic E-state index is 13.6. The van der Waals surface area contributed by atoms with E-state index < -0.39 is 0 Å². The molecular formula is C24H34N4O3. The van der Waals surface area contributed by atoms with Crippen LogP contribution in [-0.4, -0.2) is 54.0 Å². The molecule has 168 valence electrons. The number of fused-ring (bicyclic) bond motifs is 1. The van der Waals surface area contributed by atoms with Crippen LogP contribution in [0, 0.1) is 6.92 Å². The Hall–Kier alpha value is -2.67. The van der Waals surface area contributed by atoms with Gasteiger partial charge in [0.15, 0.2) is 5.69 Å². The standard InChI is InChI=1S/C24H34N4O3/c1-18-21(17-26(3)4)23(25-31-18)24(30)27-14-10-6-5-7-11-15-28(19(2)29)22-13-9-8-12-20(22)16-27/h8-9,12-13H,5-7,10-11,14-17H2,1-4H3. The van der Waals surface area contributed by atoms with Gasteiger partial charge in [-0.3, -0.25) is 9.59 Å². The van der Waals surface area contributed by atoms with Crippen molar-refractivity contribution in [2.45, 2.75) is 59.0 Å². The first-order valence-corrected chi connectivity index (χ1v) is 11.1. The number of carbonyl (C=O) groups excluding carboxylic acids is 2. The number of carbonyl (C=O) groups is 2. The molecule has 1 aromatic carbocycles. The van der Waals surface area contributed by atoms with Crippen molar-refractivity contribution in [3.63, 3.8) is 0 Å². The predicted molar refractivity (Wildman–Crippen MR) is 121 cm³/mol. The minimum atomic E-state index is -0.116. The average molecular weight is 427 g/mol. The molecule has 3 rings (SSSR count). The third-order valence-corrected chi connectivity index (χ3v) is 5.78. The first kappa shape index (κ1) is 23.0. The number of benzene rings is 1. The van der Waals surface area contributed by atoms with Crippen LogP contribution in [0.4, 0.5) is 5.69 Å². The summed E-state index contributed by atoms with van der Waals surface area (Å²) in [7, 11) is 3.92. The molecule has 7 heteroatoms. The van der Waals surface area contributed by atoms with Gasteiger partial charge in [0.2, 0.25) is 5.91 Å². The molecule has 31 heavy (non-hydrogen) atoms. The average Bonchev–Trinajstić information content (AvgIpc) is 3.07. The number of nitrogens with zero attached hydrogens (tertiary/aromatic N) is 4. The van der Waals surface area contributed by atoms with Gasteiger partial charge in [0.1, 0.15) is 5.76 Å². The molecule has 2 aromatic rings. The zero-order valence-electron chi connectivity index (χ0n) is 19.2. The van der Waals surface area contributed by atoms with E-state index in [1.54, 1.807) is 6.92 Å². The minimum absolute atomic E-state index is 0.0304. The van der Waals surface area contributed by atoms with E-state index in [4.69, 9.17) is 4.52 Å². The molecule has 0 unspecified atom stereocenters. The predicted octanol–water partition coefficient (Wildman–Crippen LogP) is 4.00. The van der Waals surface area contributed by atoms with Crippen LogP contribution in [0.15, 0.2) is 28.8 Å². The number of aryl methyl sites for hydroxylation is 1. The van der Waals surface area contributed by atoms with Crippen LogP contribution in [0.1, 0.15) is 66.4 Å². The lowest BCUT2D eigenvalue weighted by Gasteiger charge is -2.28. The monoisotopic (exact) mass is 426 g/mol. The van der Waals surface area contributed by atoms with Crippen LogP contribution in [0.2, 0.25) is 0 Å². The maximum atomic E-state index is 13.6. The lowest BCUT2D eigenvalue weighted by molar-refractivity contribution is -0.116. The summed E-state index contributed by atoms with van der Waals surface area (Å²) in [5, 5.41) is 4.12. The van der Waals surface area contributed by atoms with Gasteiger partial charge in [-0.2, -0.15) is 0 Å². The molecule has 0 aliphatic carbocycles. The Bertz CT molecular complexity index is 906. The topological polar surface area (TPSA) is 69.9 Å². The summed E-state index contributed by atoms with van der Waals surface area (Å²) in [6.45, 7) is 5.84. The van der Waals surface area contributed by atoms with Crippen LogP contribution < -0.4 is 4.90 Å². The van der Waals surface area contributed by atoms with Gasteiger partial charge >= 0.3 is 0 Å². The lowest BCUT2D eigenvalue weighted by atomic mass is 10.1. The lowest BCUT2D eigenvalue weighted by Crippen LogP contribution is -2.35. The van der Waals surface area contributed by atoms with Crippen LogP contribution in [0.3, 0.4) is 0 Å². The van der Waals surface area contributed by atoms with Crippen molar-refractivity contribution in [1.82, 2.24) is 15.0 Å². The Labute approximate surface area is 185 Å². The number of aromatic nitrogens is 1. The van der Waals surface area contributed by atoms with Crippen LogP contribution in [-0.2, 0) is 17.9 Å². The van der Waals surface area contributed by atoms with E-state index in [1.165, 1.54) is 0 Å². The molecule has 0 atom stereocenters. The third kappa shape index (κ3) is 5.73. The van der Waals surface area contributed by atoms with Crippen molar-refractivity contribution < 1.29 is 14.1 Å². The summed E-state index contributed by atoms with van der Waals surface area (Å²) in [4.78, 5) is 31.7. The highest BCUT2D eigenvalue weighted by molar-refractivity contribution is 5.94. The second-order valence-corrected chi connectivity index (χ2v) is 8.60. The molecule has 0 bridgehead atoms. The second kappa shape index (κ2) is 10.6. The third-order valence-electron chi connectivity index (χ3n) is 5.78. The number of hydrogen-bond acceptors (Lipinski definition) is 5. The molecule has 0 saturated heterocycles. The summed E-state index contributed by atoms with van der Waals surface area (Å²) in [5.74, 6) is 0.590. The highest BCUT2D eigenvalue weighted by atomic mass is 16.5. The van der Waals surface area contributed by atoms with Crippen molar-refractivity contribution in [3.05, 3.63) is 46.8 Å². The Balaban J connectivity index is 1.95. The zero-order valence-corrected chi connectivity index (χ0v) is 19.2. The fourth-order valence-electron chi connectivity index (χ4n) is 4.13. The van der Waals surface area contributed by atoms with Crippen molar-refractivity contribution in [3.8, 4) is 0 Å². The normalized spacial score (nSPS) is 15.9. The van der Waals surface area contributed by atoms with Gasteiger partial charge in [-0.25, -0.2) is 0 Å². The number of hydrogen-bond donors (Lipinski definition) is 0. The van der Waals surface area contributed by atoms with Crippen molar-refractivity contribution in [1.29, 1.82) is 0 Å².